The first-order chi connectivity index (χ1) is 13.7. The SMILES string of the molecule is CC(=O)Nc1cc(F)c(C)c2c1C(=O)C(O)(COCCO[Si](C)(C)C(C)(C)C)CC2. The van der Waals surface area contributed by atoms with Gasteiger partial charge in [-0.1, -0.05) is 20.8 Å². The van der Waals surface area contributed by atoms with Gasteiger partial charge in [-0.2, -0.15) is 0 Å². The summed E-state index contributed by atoms with van der Waals surface area (Å²) in [4.78, 5) is 24.6. The first-order valence-electron chi connectivity index (χ1n) is 10.3. The lowest BCUT2D eigenvalue weighted by molar-refractivity contribution is -0.114. The van der Waals surface area contributed by atoms with Crippen LogP contribution in [0.25, 0.3) is 0 Å². The van der Waals surface area contributed by atoms with Crippen molar-refractivity contribution in [3.63, 3.8) is 0 Å². The minimum absolute atomic E-state index is 0.0848. The molecule has 0 spiro atoms. The summed E-state index contributed by atoms with van der Waals surface area (Å²) in [5.74, 6) is -1.46. The zero-order valence-corrected chi connectivity index (χ0v) is 20.1. The zero-order valence-electron chi connectivity index (χ0n) is 19.1. The molecular formula is C22H34FNO5Si. The number of anilines is 1. The third-order valence-electron chi connectivity index (χ3n) is 6.24. The number of benzene rings is 1. The van der Waals surface area contributed by atoms with Gasteiger partial charge in [0.15, 0.2) is 19.7 Å². The lowest BCUT2D eigenvalue weighted by Gasteiger charge is -2.36. The van der Waals surface area contributed by atoms with Gasteiger partial charge in [-0.05, 0) is 55.1 Å². The number of hydrogen-bond donors (Lipinski definition) is 2. The van der Waals surface area contributed by atoms with E-state index in [9.17, 15) is 19.1 Å². The minimum Gasteiger partial charge on any atom is -0.414 e. The van der Waals surface area contributed by atoms with Crippen LogP contribution < -0.4 is 5.32 Å². The van der Waals surface area contributed by atoms with Crippen molar-refractivity contribution in [2.75, 3.05) is 25.1 Å². The van der Waals surface area contributed by atoms with Crippen LogP contribution in [0.15, 0.2) is 6.07 Å². The van der Waals surface area contributed by atoms with Crippen LogP contribution in [0, 0.1) is 12.7 Å². The third-order valence-corrected chi connectivity index (χ3v) is 10.8. The van der Waals surface area contributed by atoms with E-state index in [0.29, 0.717) is 24.2 Å². The van der Waals surface area contributed by atoms with Gasteiger partial charge in [0.25, 0.3) is 0 Å². The Labute approximate surface area is 179 Å². The fraction of sp³-hybridized carbons (Fsp3) is 0.636. The molecule has 168 valence electrons. The third kappa shape index (κ3) is 5.16. The molecule has 0 aliphatic heterocycles. The summed E-state index contributed by atoms with van der Waals surface area (Å²) < 4.78 is 25.9. The number of halogens is 1. The summed E-state index contributed by atoms with van der Waals surface area (Å²) in [6, 6.07) is 1.13. The molecule has 1 atom stereocenters. The molecule has 0 radical (unpaired) electrons. The summed E-state index contributed by atoms with van der Waals surface area (Å²) in [6.07, 6.45) is 0.448. The molecule has 1 aliphatic rings. The maximum Gasteiger partial charge on any atom is 0.221 e. The van der Waals surface area contributed by atoms with Gasteiger partial charge in [-0.15, -0.1) is 0 Å². The van der Waals surface area contributed by atoms with Gasteiger partial charge in [0.2, 0.25) is 5.91 Å². The standard InChI is InChI=1S/C22H34FNO5Si/c1-14-16-8-9-22(27,13-28-10-11-29-30(6,7)21(3,4)5)20(26)19(16)18(12-17(14)23)24-15(2)25/h12,27H,8-11,13H2,1-7H3,(H,24,25). The van der Waals surface area contributed by atoms with Crippen molar-refractivity contribution >= 4 is 25.7 Å². The number of Topliss-reactive ketones (excluding diaryl/α,β-unsaturated/α-hetero) is 1. The van der Waals surface area contributed by atoms with E-state index in [-0.39, 0.29) is 35.9 Å². The molecule has 0 saturated heterocycles. The molecule has 0 heterocycles. The van der Waals surface area contributed by atoms with Gasteiger partial charge >= 0.3 is 0 Å². The molecule has 0 fully saturated rings. The average Bonchev–Trinajstić information content (AvgIpc) is 2.60. The highest BCUT2D eigenvalue weighted by Gasteiger charge is 2.43. The van der Waals surface area contributed by atoms with Crippen molar-refractivity contribution < 1.29 is 28.2 Å². The minimum atomic E-state index is -1.89. The molecule has 30 heavy (non-hydrogen) atoms. The number of ether oxygens (including phenoxy) is 1. The van der Waals surface area contributed by atoms with E-state index in [1.54, 1.807) is 6.92 Å². The van der Waals surface area contributed by atoms with E-state index < -0.39 is 31.4 Å². The van der Waals surface area contributed by atoms with Gasteiger partial charge in [-0.3, -0.25) is 9.59 Å². The molecule has 2 rings (SSSR count). The summed E-state index contributed by atoms with van der Waals surface area (Å²) in [6.45, 7) is 14.1. The van der Waals surface area contributed by atoms with E-state index in [2.05, 4.69) is 39.2 Å². The highest BCUT2D eigenvalue weighted by molar-refractivity contribution is 6.74. The Bertz CT molecular complexity index is 834. The fourth-order valence-electron chi connectivity index (χ4n) is 3.29. The van der Waals surface area contributed by atoms with Crippen LogP contribution in [0.2, 0.25) is 18.1 Å². The van der Waals surface area contributed by atoms with Gasteiger partial charge in [0.05, 0.1) is 25.5 Å². The van der Waals surface area contributed by atoms with Crippen molar-refractivity contribution in [2.24, 2.45) is 0 Å². The average molecular weight is 440 g/mol. The molecule has 1 aliphatic carbocycles. The monoisotopic (exact) mass is 439 g/mol. The lowest BCUT2D eigenvalue weighted by Crippen LogP contribution is -2.47. The van der Waals surface area contributed by atoms with Crippen molar-refractivity contribution in [1.29, 1.82) is 0 Å². The van der Waals surface area contributed by atoms with Crippen LogP contribution >= 0.6 is 0 Å². The predicted molar refractivity (Wildman–Crippen MR) is 117 cm³/mol. The molecular weight excluding hydrogens is 405 g/mol. The van der Waals surface area contributed by atoms with Gasteiger partial charge < -0.3 is 19.6 Å². The number of amides is 1. The zero-order chi connectivity index (χ0) is 22.9. The van der Waals surface area contributed by atoms with Gasteiger partial charge in [0.1, 0.15) is 5.82 Å². The number of ketones is 1. The normalized spacial score (nSPS) is 19.6. The number of fused-ring (bicyclic) bond motifs is 1. The molecule has 1 amide bonds. The first kappa shape index (κ1) is 24.7. The number of nitrogens with one attached hydrogen (secondary N) is 1. The predicted octanol–water partition coefficient (Wildman–Crippen LogP) is 3.99. The Kier molecular flexibility index (Phi) is 7.28. The van der Waals surface area contributed by atoms with Gasteiger partial charge in [0, 0.05) is 12.5 Å². The number of aliphatic hydroxyl groups is 1. The summed E-state index contributed by atoms with van der Waals surface area (Å²) in [5.41, 5.74) is -0.585. The number of carbonyl (C=O) groups excluding carboxylic acids is 2. The molecule has 0 saturated carbocycles. The van der Waals surface area contributed by atoms with Crippen LogP contribution in [0.5, 0.6) is 0 Å². The van der Waals surface area contributed by atoms with E-state index in [1.807, 2.05) is 0 Å². The Balaban J connectivity index is 2.10. The Morgan fingerprint density at radius 1 is 1.33 bits per heavy atom. The topological polar surface area (TPSA) is 84.9 Å². The van der Waals surface area contributed by atoms with E-state index in [4.69, 9.17) is 9.16 Å². The Morgan fingerprint density at radius 3 is 2.53 bits per heavy atom. The number of rotatable bonds is 7. The Hall–Kier alpha value is -1.61. The second-order valence-corrected chi connectivity index (χ2v) is 14.4. The summed E-state index contributed by atoms with van der Waals surface area (Å²) in [7, 11) is -1.89. The Morgan fingerprint density at radius 2 is 1.97 bits per heavy atom. The molecule has 1 aromatic rings. The molecule has 6 nitrogen and oxygen atoms in total. The lowest BCUT2D eigenvalue weighted by atomic mass is 9.77. The van der Waals surface area contributed by atoms with E-state index >= 15 is 0 Å². The van der Waals surface area contributed by atoms with Crippen molar-refractivity contribution in [1.82, 2.24) is 0 Å². The maximum absolute atomic E-state index is 14.2. The second-order valence-electron chi connectivity index (χ2n) is 9.59. The van der Waals surface area contributed by atoms with Crippen LogP contribution in [0.4, 0.5) is 10.1 Å². The fourth-order valence-corrected chi connectivity index (χ4v) is 4.32. The smallest absolute Gasteiger partial charge is 0.221 e. The second kappa shape index (κ2) is 8.86. The van der Waals surface area contributed by atoms with E-state index in [0.717, 1.165) is 6.07 Å². The van der Waals surface area contributed by atoms with Crippen LogP contribution in [-0.4, -0.2) is 50.5 Å². The molecule has 0 aromatic heterocycles. The first-order valence-corrected chi connectivity index (χ1v) is 13.2. The molecule has 0 bridgehead atoms. The maximum atomic E-state index is 14.2. The van der Waals surface area contributed by atoms with Crippen LogP contribution in [-0.2, 0) is 20.4 Å². The van der Waals surface area contributed by atoms with Crippen molar-refractivity contribution in [3.8, 4) is 0 Å². The molecule has 1 unspecified atom stereocenters. The number of hydrogen-bond acceptors (Lipinski definition) is 5. The van der Waals surface area contributed by atoms with Crippen LogP contribution in [0.1, 0.15) is 55.6 Å². The summed E-state index contributed by atoms with van der Waals surface area (Å²) >= 11 is 0. The largest absolute Gasteiger partial charge is 0.414 e. The molecule has 2 N–H and O–H groups in total. The quantitative estimate of drug-likeness (QED) is 0.496. The van der Waals surface area contributed by atoms with Crippen molar-refractivity contribution in [2.45, 2.75) is 71.2 Å². The highest BCUT2D eigenvalue weighted by atomic mass is 28.4. The molecule has 1 aromatic carbocycles. The highest BCUT2D eigenvalue weighted by Crippen LogP contribution is 2.38. The van der Waals surface area contributed by atoms with Crippen LogP contribution in [0.3, 0.4) is 0 Å². The van der Waals surface area contributed by atoms with Crippen molar-refractivity contribution in [3.05, 3.63) is 28.6 Å². The van der Waals surface area contributed by atoms with Gasteiger partial charge in [-0.25, -0.2) is 4.39 Å². The summed E-state index contributed by atoms with van der Waals surface area (Å²) in [5, 5.41) is 13.6. The molecule has 8 heteroatoms. The van der Waals surface area contributed by atoms with E-state index in [1.165, 1.54) is 6.92 Å². The number of carbonyl (C=O) groups is 2.